The largest absolute Gasteiger partial charge is 0.457 e. The fraction of sp³-hybridized carbons (Fsp3) is 0.857. The third kappa shape index (κ3) is 3.95. The lowest BCUT2D eigenvalue weighted by molar-refractivity contribution is -0.156. The van der Waals surface area contributed by atoms with Gasteiger partial charge >= 0.3 is 5.97 Å². The predicted octanol–water partition coefficient (Wildman–Crippen LogP) is -0.386. The number of esters is 1. The molecule has 0 spiro atoms. The third-order valence-electron chi connectivity index (χ3n) is 1.24. The van der Waals surface area contributed by atoms with E-state index < -0.39 is 17.6 Å². The summed E-state index contributed by atoms with van der Waals surface area (Å²) in [6.07, 6.45) is 0. The van der Waals surface area contributed by atoms with Gasteiger partial charge in [-0.15, -0.1) is 0 Å². The molecule has 0 saturated heterocycles. The van der Waals surface area contributed by atoms with Crippen LogP contribution in [0.3, 0.4) is 0 Å². The molecule has 0 aliphatic heterocycles. The molecule has 0 aromatic rings. The van der Waals surface area contributed by atoms with Crippen LogP contribution in [0, 0.1) is 0 Å². The van der Waals surface area contributed by atoms with Crippen molar-refractivity contribution >= 4 is 5.97 Å². The Labute approximate surface area is 66.9 Å². The van der Waals surface area contributed by atoms with Crippen LogP contribution in [0.4, 0.5) is 0 Å². The van der Waals surface area contributed by atoms with Gasteiger partial charge in [0.25, 0.3) is 0 Å². The Bertz CT molecular complexity index is 143. The van der Waals surface area contributed by atoms with E-state index in [2.05, 4.69) is 0 Å². The van der Waals surface area contributed by atoms with Crippen molar-refractivity contribution in [1.29, 1.82) is 0 Å². The number of ether oxygens (including phenoxy) is 1. The van der Waals surface area contributed by atoms with Gasteiger partial charge in [0.1, 0.15) is 11.6 Å². The molecule has 4 nitrogen and oxygen atoms in total. The van der Waals surface area contributed by atoms with E-state index in [1.807, 2.05) is 0 Å². The molecule has 0 aromatic heterocycles. The van der Waals surface area contributed by atoms with Gasteiger partial charge in [-0.05, 0) is 20.8 Å². The van der Waals surface area contributed by atoms with Crippen LogP contribution >= 0.6 is 0 Å². The molecule has 0 saturated carbocycles. The van der Waals surface area contributed by atoms with Crippen LogP contribution in [-0.2, 0) is 9.53 Å². The summed E-state index contributed by atoms with van der Waals surface area (Å²) in [6, 6.07) is -0.583. The molecular formula is C7H16N2O2. The summed E-state index contributed by atoms with van der Waals surface area (Å²) in [6.45, 7) is 5.36. The average molecular weight is 160 g/mol. The first-order valence-corrected chi connectivity index (χ1v) is 3.57. The van der Waals surface area contributed by atoms with E-state index in [0.29, 0.717) is 6.54 Å². The first-order valence-electron chi connectivity index (χ1n) is 3.57. The van der Waals surface area contributed by atoms with E-state index in [0.717, 1.165) is 0 Å². The summed E-state index contributed by atoms with van der Waals surface area (Å²) in [5.41, 5.74) is 10.0. The second-order valence-corrected chi connectivity index (χ2v) is 3.17. The van der Waals surface area contributed by atoms with Crippen LogP contribution in [0.25, 0.3) is 0 Å². The molecule has 0 fully saturated rings. The van der Waals surface area contributed by atoms with Crippen molar-refractivity contribution in [2.75, 3.05) is 6.54 Å². The van der Waals surface area contributed by atoms with Crippen LogP contribution in [0.1, 0.15) is 20.8 Å². The smallest absolute Gasteiger partial charge is 0.323 e. The molecule has 0 aromatic carbocycles. The topological polar surface area (TPSA) is 78.3 Å². The van der Waals surface area contributed by atoms with Crippen molar-refractivity contribution in [1.82, 2.24) is 0 Å². The molecule has 0 amide bonds. The highest BCUT2D eigenvalue weighted by Gasteiger charge is 2.22. The van der Waals surface area contributed by atoms with Gasteiger partial charge in [0, 0.05) is 6.54 Å². The van der Waals surface area contributed by atoms with Crippen molar-refractivity contribution in [3.8, 4) is 0 Å². The van der Waals surface area contributed by atoms with Crippen LogP contribution in [0.5, 0.6) is 0 Å². The number of carbonyl (C=O) groups is 1. The standard InChI is InChI=1S/C7H16N2O2/c1-5(9)6(10)11-7(2,3)4-8/h5H,4,8-9H2,1-3H3/t5-/m0/s1. The molecule has 0 aliphatic rings. The maximum Gasteiger partial charge on any atom is 0.323 e. The fourth-order valence-electron chi connectivity index (χ4n) is 0.407. The summed E-state index contributed by atoms with van der Waals surface area (Å²) in [5, 5.41) is 0. The Morgan fingerprint density at radius 2 is 2.09 bits per heavy atom. The van der Waals surface area contributed by atoms with Crippen molar-refractivity contribution in [3.05, 3.63) is 0 Å². The van der Waals surface area contributed by atoms with Gasteiger partial charge < -0.3 is 16.2 Å². The molecule has 4 N–H and O–H groups in total. The number of rotatable bonds is 3. The molecule has 4 heteroatoms. The second kappa shape index (κ2) is 3.69. The van der Waals surface area contributed by atoms with Crippen molar-refractivity contribution in [2.24, 2.45) is 11.5 Å². The van der Waals surface area contributed by atoms with Gasteiger partial charge in [-0.2, -0.15) is 0 Å². The Morgan fingerprint density at radius 3 is 2.36 bits per heavy atom. The van der Waals surface area contributed by atoms with Gasteiger partial charge in [-0.1, -0.05) is 0 Å². The molecule has 11 heavy (non-hydrogen) atoms. The minimum atomic E-state index is -0.606. The van der Waals surface area contributed by atoms with Crippen LogP contribution in [0.15, 0.2) is 0 Å². The van der Waals surface area contributed by atoms with Crippen LogP contribution in [-0.4, -0.2) is 24.2 Å². The highest BCUT2D eigenvalue weighted by atomic mass is 16.6. The Balaban J connectivity index is 3.94. The lowest BCUT2D eigenvalue weighted by Crippen LogP contribution is -2.41. The number of nitrogens with two attached hydrogens (primary N) is 2. The fourth-order valence-corrected chi connectivity index (χ4v) is 0.407. The van der Waals surface area contributed by atoms with E-state index in [1.54, 1.807) is 20.8 Å². The van der Waals surface area contributed by atoms with Crippen molar-refractivity contribution in [2.45, 2.75) is 32.4 Å². The van der Waals surface area contributed by atoms with Gasteiger partial charge in [0.05, 0.1) is 0 Å². The highest BCUT2D eigenvalue weighted by Crippen LogP contribution is 2.06. The zero-order valence-corrected chi connectivity index (χ0v) is 7.26. The molecule has 66 valence electrons. The number of hydrogen-bond acceptors (Lipinski definition) is 4. The third-order valence-corrected chi connectivity index (χ3v) is 1.24. The molecule has 0 unspecified atom stereocenters. The van der Waals surface area contributed by atoms with E-state index in [1.165, 1.54) is 0 Å². The van der Waals surface area contributed by atoms with Crippen LogP contribution in [0.2, 0.25) is 0 Å². The molecule has 0 aliphatic carbocycles. The summed E-state index contributed by atoms with van der Waals surface area (Å²) >= 11 is 0. The van der Waals surface area contributed by atoms with Gasteiger partial charge in [-0.25, -0.2) is 0 Å². The summed E-state index contributed by atoms with van der Waals surface area (Å²) < 4.78 is 4.96. The van der Waals surface area contributed by atoms with Gasteiger partial charge in [0.15, 0.2) is 0 Å². The summed E-state index contributed by atoms with van der Waals surface area (Å²) in [4.78, 5) is 10.9. The average Bonchev–Trinajstić information content (AvgIpc) is 1.87. The summed E-state index contributed by atoms with van der Waals surface area (Å²) in [5.74, 6) is -0.416. The second-order valence-electron chi connectivity index (χ2n) is 3.17. The molecule has 1 atom stereocenters. The lowest BCUT2D eigenvalue weighted by Gasteiger charge is -2.23. The van der Waals surface area contributed by atoms with Crippen molar-refractivity contribution in [3.63, 3.8) is 0 Å². The van der Waals surface area contributed by atoms with Crippen LogP contribution < -0.4 is 11.5 Å². The maximum absolute atomic E-state index is 10.9. The van der Waals surface area contributed by atoms with E-state index in [9.17, 15) is 4.79 Å². The van der Waals surface area contributed by atoms with Crippen molar-refractivity contribution < 1.29 is 9.53 Å². The Hall–Kier alpha value is -0.610. The minimum Gasteiger partial charge on any atom is -0.457 e. The first-order chi connectivity index (χ1) is 4.89. The number of carbonyl (C=O) groups excluding carboxylic acids is 1. The zero-order valence-electron chi connectivity index (χ0n) is 7.26. The van der Waals surface area contributed by atoms with Gasteiger partial charge in [0.2, 0.25) is 0 Å². The molecule has 0 heterocycles. The SMILES string of the molecule is C[C@H](N)C(=O)OC(C)(C)CN. The monoisotopic (exact) mass is 160 g/mol. The minimum absolute atomic E-state index is 0.297. The number of hydrogen-bond donors (Lipinski definition) is 2. The van der Waals surface area contributed by atoms with E-state index in [-0.39, 0.29) is 0 Å². The van der Waals surface area contributed by atoms with Gasteiger partial charge in [-0.3, -0.25) is 4.79 Å². The van der Waals surface area contributed by atoms with E-state index in [4.69, 9.17) is 16.2 Å². The quantitative estimate of drug-likeness (QED) is 0.551. The Morgan fingerprint density at radius 1 is 1.64 bits per heavy atom. The summed E-state index contributed by atoms with van der Waals surface area (Å²) in [7, 11) is 0. The maximum atomic E-state index is 10.9. The molecule has 0 rings (SSSR count). The lowest BCUT2D eigenvalue weighted by atomic mass is 10.1. The predicted molar refractivity (Wildman–Crippen MR) is 42.9 cm³/mol. The molecule has 0 bridgehead atoms. The van der Waals surface area contributed by atoms with E-state index >= 15 is 0 Å². The normalized spacial score (nSPS) is 14.3. The highest BCUT2D eigenvalue weighted by molar-refractivity contribution is 5.75. The molecular weight excluding hydrogens is 144 g/mol. The zero-order chi connectivity index (χ0) is 9.07. The Kier molecular flexibility index (Phi) is 3.48. The molecule has 0 radical (unpaired) electrons. The first kappa shape index (κ1) is 10.4.